The van der Waals surface area contributed by atoms with Crippen LogP contribution in [0.25, 0.3) is 0 Å². The molecule has 0 saturated carbocycles. The molecule has 1 aliphatic rings. The van der Waals surface area contributed by atoms with Gasteiger partial charge in [0.2, 0.25) is 0 Å². The number of aliphatic hydroxyl groups excluding tert-OH is 2. The molecule has 0 aliphatic carbocycles. The van der Waals surface area contributed by atoms with Crippen LogP contribution in [0, 0.1) is 5.92 Å². The first-order valence-electron chi connectivity index (χ1n) is 14.0. The Labute approximate surface area is 241 Å². The van der Waals surface area contributed by atoms with Gasteiger partial charge in [0, 0.05) is 37.7 Å². The molecule has 220 valence electrons. The SMILES string of the molecule is CCNC(=O)NCc1ccc([C@@H]2O[C@H](CN(C)C[C@@H](O)c3cccc(O)c3)[C@H](C)[C@H](c3ccc(CO)cc3)O2)cc1. The van der Waals surface area contributed by atoms with Crippen molar-refractivity contribution >= 4 is 6.03 Å². The van der Waals surface area contributed by atoms with Gasteiger partial charge in [-0.1, -0.05) is 67.6 Å². The first-order valence-corrected chi connectivity index (χ1v) is 14.0. The van der Waals surface area contributed by atoms with Crippen molar-refractivity contribution in [2.75, 3.05) is 26.7 Å². The van der Waals surface area contributed by atoms with Gasteiger partial charge in [0.15, 0.2) is 6.29 Å². The van der Waals surface area contributed by atoms with Crippen LogP contribution in [0.5, 0.6) is 5.75 Å². The summed E-state index contributed by atoms with van der Waals surface area (Å²) in [7, 11) is 1.94. The number of urea groups is 1. The van der Waals surface area contributed by atoms with Gasteiger partial charge in [0.1, 0.15) is 5.75 Å². The lowest BCUT2D eigenvalue weighted by molar-refractivity contribution is -0.276. The fourth-order valence-electron chi connectivity index (χ4n) is 5.04. The second-order valence-electron chi connectivity index (χ2n) is 10.6. The molecule has 41 heavy (non-hydrogen) atoms. The Balaban J connectivity index is 1.50. The van der Waals surface area contributed by atoms with Gasteiger partial charge in [0.05, 0.1) is 24.9 Å². The van der Waals surface area contributed by atoms with Crippen LogP contribution in [0.15, 0.2) is 72.8 Å². The monoisotopic (exact) mass is 563 g/mol. The molecule has 2 amide bonds. The predicted molar refractivity (Wildman–Crippen MR) is 156 cm³/mol. The lowest BCUT2D eigenvalue weighted by Crippen LogP contribution is -2.44. The standard InChI is InChI=1S/C32H41N3O6/c1-4-33-32(39)34-17-22-8-14-25(15-9-22)31-40-29(19-35(3)18-28(38)26-6-5-7-27(37)16-26)21(2)30(41-31)24-12-10-23(20-36)11-13-24/h5-16,21,28-31,36-38H,4,17-20H2,1-3H3,(H2,33,34,39)/t21-,28+,29+,30+,31+/m0/s1. The van der Waals surface area contributed by atoms with E-state index >= 15 is 0 Å². The number of rotatable bonds is 11. The number of phenols is 1. The number of likely N-dealkylation sites (N-methyl/N-ethyl adjacent to an activating group) is 1. The predicted octanol–water partition coefficient (Wildman–Crippen LogP) is 4.16. The van der Waals surface area contributed by atoms with Crippen molar-refractivity contribution in [1.82, 2.24) is 15.5 Å². The highest BCUT2D eigenvalue weighted by Gasteiger charge is 2.39. The minimum absolute atomic E-state index is 0.00728. The zero-order valence-corrected chi connectivity index (χ0v) is 23.9. The van der Waals surface area contributed by atoms with E-state index in [2.05, 4.69) is 17.6 Å². The number of amides is 2. The Hall–Kier alpha value is -3.47. The fourth-order valence-corrected chi connectivity index (χ4v) is 5.04. The third-order valence-corrected chi connectivity index (χ3v) is 7.40. The van der Waals surface area contributed by atoms with Crippen LogP contribution < -0.4 is 10.6 Å². The van der Waals surface area contributed by atoms with Crippen molar-refractivity contribution in [2.45, 2.75) is 51.6 Å². The highest BCUT2D eigenvalue weighted by Crippen LogP contribution is 2.42. The molecular formula is C32H41N3O6. The molecule has 0 aromatic heterocycles. The average Bonchev–Trinajstić information content (AvgIpc) is 2.97. The zero-order valence-electron chi connectivity index (χ0n) is 23.9. The van der Waals surface area contributed by atoms with Crippen molar-refractivity contribution in [2.24, 2.45) is 5.92 Å². The molecule has 1 fully saturated rings. The lowest BCUT2D eigenvalue weighted by atomic mass is 9.90. The normalized spacial score (nSPS) is 21.4. The second kappa shape index (κ2) is 14.4. The molecule has 3 aromatic carbocycles. The maximum absolute atomic E-state index is 11.8. The van der Waals surface area contributed by atoms with Crippen molar-refractivity contribution in [3.63, 3.8) is 0 Å². The van der Waals surface area contributed by atoms with Crippen LogP contribution >= 0.6 is 0 Å². The summed E-state index contributed by atoms with van der Waals surface area (Å²) in [5, 5.41) is 35.6. The molecule has 1 heterocycles. The molecule has 5 atom stereocenters. The summed E-state index contributed by atoms with van der Waals surface area (Å²) >= 11 is 0. The maximum atomic E-state index is 11.8. The molecule has 0 radical (unpaired) electrons. The van der Waals surface area contributed by atoms with E-state index in [9.17, 15) is 20.1 Å². The Morgan fingerprint density at radius 2 is 1.66 bits per heavy atom. The molecule has 4 rings (SSSR count). The van der Waals surface area contributed by atoms with Crippen LogP contribution in [-0.4, -0.2) is 59.0 Å². The van der Waals surface area contributed by atoms with Gasteiger partial charge >= 0.3 is 6.03 Å². The van der Waals surface area contributed by atoms with Crippen molar-refractivity contribution in [3.8, 4) is 5.75 Å². The fraction of sp³-hybridized carbons (Fsp3) is 0.406. The zero-order chi connectivity index (χ0) is 29.4. The Kier molecular flexibility index (Phi) is 10.7. The highest BCUT2D eigenvalue weighted by atomic mass is 16.7. The molecular weight excluding hydrogens is 522 g/mol. The molecule has 9 nitrogen and oxygen atoms in total. The van der Waals surface area contributed by atoms with Crippen LogP contribution in [0.4, 0.5) is 4.79 Å². The van der Waals surface area contributed by atoms with Gasteiger partial charge in [-0.25, -0.2) is 4.79 Å². The van der Waals surface area contributed by atoms with Gasteiger partial charge < -0.3 is 40.3 Å². The summed E-state index contributed by atoms with van der Waals surface area (Å²) in [5.41, 5.74) is 4.30. The Morgan fingerprint density at radius 1 is 0.976 bits per heavy atom. The summed E-state index contributed by atoms with van der Waals surface area (Å²) in [6, 6.07) is 22.0. The van der Waals surface area contributed by atoms with Crippen molar-refractivity contribution < 1.29 is 29.6 Å². The lowest BCUT2D eigenvalue weighted by Gasteiger charge is -2.42. The number of carbonyl (C=O) groups is 1. The van der Waals surface area contributed by atoms with E-state index in [-0.39, 0.29) is 36.5 Å². The number of benzene rings is 3. The van der Waals surface area contributed by atoms with E-state index in [1.807, 2.05) is 67.4 Å². The van der Waals surface area contributed by atoms with Gasteiger partial charge in [-0.15, -0.1) is 0 Å². The Morgan fingerprint density at radius 3 is 2.32 bits per heavy atom. The number of hydrogen-bond donors (Lipinski definition) is 5. The van der Waals surface area contributed by atoms with E-state index in [1.54, 1.807) is 24.3 Å². The average molecular weight is 564 g/mol. The van der Waals surface area contributed by atoms with E-state index in [4.69, 9.17) is 9.47 Å². The third-order valence-electron chi connectivity index (χ3n) is 7.40. The molecule has 9 heteroatoms. The Bertz CT molecular complexity index is 1250. The topological polar surface area (TPSA) is 124 Å². The molecule has 1 saturated heterocycles. The number of aromatic hydroxyl groups is 1. The number of nitrogens with one attached hydrogen (secondary N) is 2. The highest BCUT2D eigenvalue weighted by molar-refractivity contribution is 5.73. The van der Waals surface area contributed by atoms with Crippen LogP contribution in [0.2, 0.25) is 0 Å². The van der Waals surface area contributed by atoms with E-state index in [0.717, 1.165) is 22.3 Å². The number of nitrogens with zero attached hydrogens (tertiary/aromatic N) is 1. The summed E-state index contributed by atoms with van der Waals surface area (Å²) in [5.74, 6) is 0.113. The summed E-state index contributed by atoms with van der Waals surface area (Å²) in [4.78, 5) is 13.8. The molecule has 0 spiro atoms. The molecule has 5 N–H and O–H groups in total. The summed E-state index contributed by atoms with van der Waals surface area (Å²) in [6.45, 7) is 5.83. The van der Waals surface area contributed by atoms with Gasteiger partial charge in [0.25, 0.3) is 0 Å². The van der Waals surface area contributed by atoms with Gasteiger partial charge in [-0.3, -0.25) is 0 Å². The number of phenolic OH excluding ortho intramolecular Hbond substituents is 1. The van der Waals surface area contributed by atoms with Crippen LogP contribution in [0.1, 0.15) is 60.2 Å². The van der Waals surface area contributed by atoms with E-state index < -0.39 is 12.4 Å². The minimum atomic E-state index is -0.763. The van der Waals surface area contributed by atoms with Gasteiger partial charge in [-0.2, -0.15) is 0 Å². The van der Waals surface area contributed by atoms with Crippen LogP contribution in [0.3, 0.4) is 0 Å². The largest absolute Gasteiger partial charge is 0.508 e. The van der Waals surface area contributed by atoms with Crippen molar-refractivity contribution in [1.29, 1.82) is 0 Å². The minimum Gasteiger partial charge on any atom is -0.508 e. The maximum Gasteiger partial charge on any atom is 0.315 e. The number of ether oxygens (including phenoxy) is 2. The first-order chi connectivity index (χ1) is 19.8. The second-order valence-corrected chi connectivity index (χ2v) is 10.6. The number of hydrogen-bond acceptors (Lipinski definition) is 7. The smallest absolute Gasteiger partial charge is 0.315 e. The van der Waals surface area contributed by atoms with Crippen LogP contribution in [-0.2, 0) is 22.6 Å². The quantitative estimate of drug-likeness (QED) is 0.237. The number of carbonyl (C=O) groups excluding carboxylic acids is 1. The van der Waals surface area contributed by atoms with E-state index in [0.29, 0.717) is 31.7 Å². The summed E-state index contributed by atoms with van der Waals surface area (Å²) < 4.78 is 13.1. The van der Waals surface area contributed by atoms with E-state index in [1.165, 1.54) is 0 Å². The molecule has 0 unspecified atom stereocenters. The first kappa shape index (κ1) is 30.5. The summed E-state index contributed by atoms with van der Waals surface area (Å²) in [6.07, 6.45) is -1.85. The molecule has 3 aromatic rings. The third kappa shape index (κ3) is 8.28. The molecule has 1 aliphatic heterocycles. The van der Waals surface area contributed by atoms with Crippen molar-refractivity contribution in [3.05, 3.63) is 101 Å². The molecule has 0 bridgehead atoms. The van der Waals surface area contributed by atoms with Gasteiger partial charge in [-0.05, 0) is 48.4 Å². The number of aliphatic hydroxyl groups is 2.